The Morgan fingerprint density at radius 3 is 2.74 bits per heavy atom. The molecule has 0 amide bonds. The van der Waals surface area contributed by atoms with E-state index in [1.165, 1.54) is 24.8 Å². The largest absolute Gasteiger partial charge is 0.495 e. The fraction of sp³-hybridized carbons (Fsp3) is 0.294. The molecule has 0 aliphatic carbocycles. The number of hydrogen-bond donors (Lipinski definition) is 2. The SMILES string of the molecule is COc1ccc([N+](=O)[O-])cc1S(=O)(=O)NCC1NCCc2ccccc21.Cl. The number of non-ortho nitro benzene ring substituents is 1. The summed E-state index contributed by atoms with van der Waals surface area (Å²) < 4.78 is 33.0. The number of hydrogen-bond acceptors (Lipinski definition) is 6. The highest BCUT2D eigenvalue weighted by Crippen LogP contribution is 2.29. The number of methoxy groups -OCH3 is 1. The number of fused-ring (bicyclic) bond motifs is 1. The summed E-state index contributed by atoms with van der Waals surface area (Å²) in [6, 6.07) is 11.2. The Kier molecular flexibility index (Phi) is 6.77. The molecule has 146 valence electrons. The van der Waals surface area contributed by atoms with Crippen molar-refractivity contribution in [1.29, 1.82) is 0 Å². The van der Waals surface area contributed by atoms with Crippen LogP contribution in [0.25, 0.3) is 0 Å². The number of benzene rings is 2. The van der Waals surface area contributed by atoms with Crippen molar-refractivity contribution in [3.63, 3.8) is 0 Å². The number of nitro benzene ring substituents is 1. The molecule has 27 heavy (non-hydrogen) atoms. The summed E-state index contributed by atoms with van der Waals surface area (Å²) in [6.45, 7) is 0.884. The second-order valence-corrected chi connectivity index (χ2v) is 7.64. The van der Waals surface area contributed by atoms with Crippen molar-refractivity contribution in [1.82, 2.24) is 10.0 Å². The molecule has 1 unspecified atom stereocenters. The number of rotatable bonds is 6. The summed E-state index contributed by atoms with van der Waals surface area (Å²) >= 11 is 0. The molecule has 1 aliphatic heterocycles. The van der Waals surface area contributed by atoms with Crippen LogP contribution in [0.5, 0.6) is 5.75 Å². The molecule has 0 spiro atoms. The molecule has 1 heterocycles. The maximum atomic E-state index is 12.7. The molecule has 1 aliphatic rings. The summed E-state index contributed by atoms with van der Waals surface area (Å²) in [5.74, 6) is 0.0557. The molecule has 0 fully saturated rings. The highest BCUT2D eigenvalue weighted by Gasteiger charge is 2.26. The Morgan fingerprint density at radius 1 is 1.30 bits per heavy atom. The lowest BCUT2D eigenvalue weighted by atomic mass is 9.95. The van der Waals surface area contributed by atoms with Gasteiger partial charge in [-0.15, -0.1) is 12.4 Å². The van der Waals surface area contributed by atoms with Gasteiger partial charge in [-0.25, -0.2) is 13.1 Å². The molecular weight excluding hydrogens is 394 g/mol. The van der Waals surface area contributed by atoms with Crippen molar-refractivity contribution in [2.75, 3.05) is 20.2 Å². The zero-order valence-electron chi connectivity index (χ0n) is 14.5. The van der Waals surface area contributed by atoms with Crippen molar-refractivity contribution in [2.24, 2.45) is 0 Å². The van der Waals surface area contributed by atoms with E-state index < -0.39 is 14.9 Å². The van der Waals surface area contributed by atoms with Crippen LogP contribution in [-0.4, -0.2) is 33.5 Å². The molecule has 0 saturated carbocycles. The summed E-state index contributed by atoms with van der Waals surface area (Å²) in [5, 5.41) is 14.3. The van der Waals surface area contributed by atoms with Crippen LogP contribution in [0.15, 0.2) is 47.4 Å². The first-order valence-corrected chi connectivity index (χ1v) is 9.54. The van der Waals surface area contributed by atoms with Crippen LogP contribution < -0.4 is 14.8 Å². The van der Waals surface area contributed by atoms with Crippen LogP contribution in [0, 0.1) is 10.1 Å². The fourth-order valence-electron chi connectivity index (χ4n) is 3.03. The van der Waals surface area contributed by atoms with Gasteiger partial charge in [-0.1, -0.05) is 24.3 Å². The highest BCUT2D eigenvalue weighted by molar-refractivity contribution is 7.89. The number of nitrogens with zero attached hydrogens (tertiary/aromatic N) is 1. The lowest BCUT2D eigenvalue weighted by molar-refractivity contribution is -0.385. The highest BCUT2D eigenvalue weighted by atomic mass is 35.5. The minimum absolute atomic E-state index is 0. The number of halogens is 1. The Balaban J connectivity index is 0.00000261. The van der Waals surface area contributed by atoms with E-state index in [9.17, 15) is 18.5 Å². The third-order valence-electron chi connectivity index (χ3n) is 4.34. The van der Waals surface area contributed by atoms with Gasteiger partial charge in [0.15, 0.2) is 0 Å². The lowest BCUT2D eigenvalue weighted by Gasteiger charge is -2.27. The van der Waals surface area contributed by atoms with Crippen LogP contribution in [-0.2, 0) is 16.4 Å². The zero-order valence-corrected chi connectivity index (χ0v) is 16.2. The number of ether oxygens (including phenoxy) is 1. The minimum atomic E-state index is -3.98. The van der Waals surface area contributed by atoms with Gasteiger partial charge in [0.1, 0.15) is 10.6 Å². The van der Waals surface area contributed by atoms with E-state index in [1.54, 1.807) is 0 Å². The average Bonchev–Trinajstić information content (AvgIpc) is 2.65. The Hall–Kier alpha value is -2.20. The van der Waals surface area contributed by atoms with E-state index in [1.807, 2.05) is 24.3 Å². The third kappa shape index (κ3) is 4.56. The first-order chi connectivity index (χ1) is 12.4. The molecule has 0 aromatic heterocycles. The predicted octanol–water partition coefficient (Wildman–Crippen LogP) is 2.19. The maximum Gasteiger partial charge on any atom is 0.271 e. The first-order valence-electron chi connectivity index (χ1n) is 8.05. The Morgan fingerprint density at radius 2 is 2.04 bits per heavy atom. The van der Waals surface area contributed by atoms with E-state index in [4.69, 9.17) is 4.74 Å². The molecule has 10 heteroatoms. The van der Waals surface area contributed by atoms with E-state index in [-0.39, 0.29) is 41.3 Å². The fourth-order valence-corrected chi connectivity index (χ4v) is 4.27. The van der Waals surface area contributed by atoms with Crippen LogP contribution in [0.2, 0.25) is 0 Å². The van der Waals surface area contributed by atoms with Crippen molar-refractivity contribution in [3.8, 4) is 5.75 Å². The lowest BCUT2D eigenvalue weighted by Crippen LogP contribution is -2.38. The zero-order chi connectivity index (χ0) is 18.7. The molecule has 0 saturated heterocycles. The molecule has 0 radical (unpaired) electrons. The summed E-state index contributed by atoms with van der Waals surface area (Å²) in [6.07, 6.45) is 0.887. The Labute approximate surface area is 163 Å². The van der Waals surface area contributed by atoms with Gasteiger partial charge in [0.25, 0.3) is 5.69 Å². The number of nitrogens with one attached hydrogen (secondary N) is 2. The van der Waals surface area contributed by atoms with E-state index in [0.717, 1.165) is 24.6 Å². The molecule has 3 rings (SSSR count). The standard InChI is InChI=1S/C17H19N3O5S.ClH/c1-25-16-7-6-13(20(21)22)10-17(16)26(23,24)19-11-15-14-5-3-2-4-12(14)8-9-18-15;/h2-7,10,15,18-19H,8-9,11H2,1H3;1H. The van der Waals surface area contributed by atoms with Gasteiger partial charge in [-0.05, 0) is 30.2 Å². The van der Waals surface area contributed by atoms with Gasteiger partial charge in [-0.2, -0.15) is 0 Å². The molecule has 2 aromatic rings. The number of nitro groups is 1. The molecule has 0 bridgehead atoms. The third-order valence-corrected chi connectivity index (χ3v) is 5.79. The van der Waals surface area contributed by atoms with Gasteiger partial charge in [0, 0.05) is 24.7 Å². The minimum Gasteiger partial charge on any atom is -0.495 e. The van der Waals surface area contributed by atoms with Gasteiger partial charge in [-0.3, -0.25) is 10.1 Å². The molecular formula is C17H20ClN3O5S. The van der Waals surface area contributed by atoms with Crippen LogP contribution in [0.3, 0.4) is 0 Å². The van der Waals surface area contributed by atoms with Crippen LogP contribution in [0.1, 0.15) is 17.2 Å². The normalized spacial score (nSPS) is 16.1. The smallest absolute Gasteiger partial charge is 0.271 e. The first kappa shape index (κ1) is 21.1. The summed E-state index contributed by atoms with van der Waals surface area (Å²) in [4.78, 5) is 10.1. The van der Waals surface area contributed by atoms with Crippen LogP contribution >= 0.6 is 12.4 Å². The van der Waals surface area contributed by atoms with Gasteiger partial charge < -0.3 is 10.1 Å². The van der Waals surface area contributed by atoms with Crippen molar-refractivity contribution in [3.05, 3.63) is 63.7 Å². The van der Waals surface area contributed by atoms with Gasteiger partial charge >= 0.3 is 0 Å². The van der Waals surface area contributed by atoms with Gasteiger partial charge in [0.2, 0.25) is 10.0 Å². The second-order valence-electron chi connectivity index (χ2n) is 5.90. The maximum absolute atomic E-state index is 12.7. The molecule has 2 aromatic carbocycles. The summed E-state index contributed by atoms with van der Waals surface area (Å²) in [5.41, 5.74) is 1.92. The van der Waals surface area contributed by atoms with Crippen molar-refractivity contribution >= 4 is 28.1 Å². The average molecular weight is 414 g/mol. The van der Waals surface area contributed by atoms with Gasteiger partial charge in [0.05, 0.1) is 12.0 Å². The topological polar surface area (TPSA) is 111 Å². The van der Waals surface area contributed by atoms with E-state index in [0.29, 0.717) is 0 Å². The molecule has 8 nitrogen and oxygen atoms in total. The van der Waals surface area contributed by atoms with Crippen LogP contribution in [0.4, 0.5) is 5.69 Å². The van der Waals surface area contributed by atoms with Crippen molar-refractivity contribution in [2.45, 2.75) is 17.4 Å². The predicted molar refractivity (Wildman–Crippen MR) is 103 cm³/mol. The molecule has 1 atom stereocenters. The van der Waals surface area contributed by atoms with E-state index >= 15 is 0 Å². The summed E-state index contributed by atoms with van der Waals surface area (Å²) in [7, 11) is -2.66. The second kappa shape index (κ2) is 8.66. The van der Waals surface area contributed by atoms with Crippen molar-refractivity contribution < 1.29 is 18.1 Å². The Bertz CT molecular complexity index is 936. The van der Waals surface area contributed by atoms with E-state index in [2.05, 4.69) is 10.0 Å². The monoisotopic (exact) mass is 413 g/mol. The molecule has 2 N–H and O–H groups in total. The quantitative estimate of drug-likeness (QED) is 0.554. The number of sulfonamides is 1.